The first-order valence-electron chi connectivity index (χ1n) is 8.29. The van der Waals surface area contributed by atoms with Crippen LogP contribution in [0.2, 0.25) is 0 Å². The first-order chi connectivity index (χ1) is 11.5. The van der Waals surface area contributed by atoms with Crippen molar-refractivity contribution in [2.24, 2.45) is 5.92 Å². The van der Waals surface area contributed by atoms with Gasteiger partial charge in [-0.3, -0.25) is 20.4 Å². The van der Waals surface area contributed by atoms with E-state index in [4.69, 9.17) is 0 Å². The van der Waals surface area contributed by atoms with Crippen LogP contribution < -0.4 is 21.5 Å². The van der Waals surface area contributed by atoms with Crippen molar-refractivity contribution >= 4 is 11.8 Å². The van der Waals surface area contributed by atoms with Crippen molar-refractivity contribution in [1.82, 2.24) is 21.5 Å². The molecule has 2 rings (SSSR count). The van der Waals surface area contributed by atoms with Gasteiger partial charge in [0.1, 0.15) is 5.82 Å². The zero-order chi connectivity index (χ0) is 17.5. The second-order valence-corrected chi connectivity index (χ2v) is 6.18. The van der Waals surface area contributed by atoms with E-state index >= 15 is 0 Å². The molecule has 0 aromatic heterocycles. The molecule has 1 aromatic rings. The maximum absolute atomic E-state index is 12.8. The average molecular weight is 336 g/mol. The first-order valence-corrected chi connectivity index (χ1v) is 8.29. The molecule has 2 amide bonds. The van der Waals surface area contributed by atoms with Gasteiger partial charge in [-0.1, -0.05) is 0 Å². The molecule has 2 atom stereocenters. The Bertz CT molecular complexity index is 554. The summed E-state index contributed by atoms with van der Waals surface area (Å²) in [4.78, 5) is 23.7. The molecule has 0 spiro atoms. The van der Waals surface area contributed by atoms with E-state index in [0.717, 1.165) is 6.42 Å². The van der Waals surface area contributed by atoms with Gasteiger partial charge in [0.15, 0.2) is 0 Å². The molecule has 0 bridgehead atoms. The van der Waals surface area contributed by atoms with E-state index in [1.165, 1.54) is 24.3 Å². The van der Waals surface area contributed by atoms with Gasteiger partial charge in [-0.05, 0) is 50.5 Å². The van der Waals surface area contributed by atoms with Gasteiger partial charge in [-0.15, -0.1) is 0 Å². The standard InChI is InChI=1S/C17H25FN4O2/c1-11-15(12(2)22-21-11)7-8-16(23)19-9-10-20-17(24)13-3-5-14(18)6-4-13/h3-6,11-12,15,21-22H,7-10H2,1-2H3,(H,19,23)(H,20,24). The molecule has 1 aromatic carbocycles. The van der Waals surface area contributed by atoms with Crippen molar-refractivity contribution < 1.29 is 14.0 Å². The number of rotatable bonds is 7. The first kappa shape index (κ1) is 18.4. The SMILES string of the molecule is CC1NNC(C)C1CCC(=O)NCCNC(=O)c1ccc(F)cc1. The minimum absolute atomic E-state index is 0.0164. The molecular weight excluding hydrogens is 311 g/mol. The summed E-state index contributed by atoms with van der Waals surface area (Å²) in [5, 5.41) is 5.49. The van der Waals surface area contributed by atoms with Gasteiger partial charge in [0, 0.05) is 37.2 Å². The highest BCUT2D eigenvalue weighted by Crippen LogP contribution is 2.19. The Morgan fingerprint density at radius 3 is 2.25 bits per heavy atom. The van der Waals surface area contributed by atoms with Crippen molar-refractivity contribution in [2.75, 3.05) is 13.1 Å². The van der Waals surface area contributed by atoms with E-state index in [1.54, 1.807) is 0 Å². The fraction of sp³-hybridized carbons (Fsp3) is 0.529. The Morgan fingerprint density at radius 1 is 1.04 bits per heavy atom. The lowest BCUT2D eigenvalue weighted by Crippen LogP contribution is -2.35. The number of halogens is 1. The van der Waals surface area contributed by atoms with Gasteiger partial charge in [0.05, 0.1) is 0 Å². The van der Waals surface area contributed by atoms with E-state index in [0.29, 0.717) is 43.1 Å². The highest BCUT2D eigenvalue weighted by molar-refractivity contribution is 5.94. The van der Waals surface area contributed by atoms with E-state index in [9.17, 15) is 14.0 Å². The number of hydrazine groups is 1. The minimum atomic E-state index is -0.380. The third-order valence-electron chi connectivity index (χ3n) is 4.37. The summed E-state index contributed by atoms with van der Waals surface area (Å²) in [6.07, 6.45) is 1.28. The van der Waals surface area contributed by atoms with E-state index in [1.807, 2.05) is 0 Å². The summed E-state index contributed by atoms with van der Waals surface area (Å²) >= 11 is 0. The molecule has 4 N–H and O–H groups in total. The number of hydrogen-bond acceptors (Lipinski definition) is 4. The Balaban J connectivity index is 1.60. The third-order valence-corrected chi connectivity index (χ3v) is 4.37. The number of amides is 2. The summed E-state index contributed by atoms with van der Waals surface area (Å²) in [7, 11) is 0. The molecule has 0 radical (unpaired) electrons. The van der Waals surface area contributed by atoms with Crippen LogP contribution in [0.25, 0.3) is 0 Å². The summed E-state index contributed by atoms with van der Waals surface area (Å²) in [5.41, 5.74) is 6.74. The Hall–Kier alpha value is -1.99. The van der Waals surface area contributed by atoms with Gasteiger partial charge in [0.2, 0.25) is 5.91 Å². The van der Waals surface area contributed by atoms with Crippen molar-refractivity contribution in [3.8, 4) is 0 Å². The Morgan fingerprint density at radius 2 is 1.62 bits per heavy atom. The third kappa shape index (κ3) is 5.28. The van der Waals surface area contributed by atoms with Crippen molar-refractivity contribution in [1.29, 1.82) is 0 Å². The Labute approximate surface area is 141 Å². The van der Waals surface area contributed by atoms with Gasteiger partial charge < -0.3 is 10.6 Å². The normalized spacial score (nSPS) is 23.0. The summed E-state index contributed by atoms with van der Waals surface area (Å²) < 4.78 is 12.8. The highest BCUT2D eigenvalue weighted by atomic mass is 19.1. The maximum atomic E-state index is 12.8. The van der Waals surface area contributed by atoms with E-state index < -0.39 is 0 Å². The molecule has 0 saturated carbocycles. The van der Waals surface area contributed by atoms with Gasteiger partial charge in [0.25, 0.3) is 5.91 Å². The molecule has 1 saturated heterocycles. The second kappa shape index (κ2) is 8.75. The van der Waals surface area contributed by atoms with Crippen molar-refractivity contribution in [2.45, 2.75) is 38.8 Å². The van der Waals surface area contributed by atoms with Gasteiger partial charge >= 0.3 is 0 Å². The van der Waals surface area contributed by atoms with Crippen molar-refractivity contribution in [3.63, 3.8) is 0 Å². The quantitative estimate of drug-likeness (QED) is 0.559. The van der Waals surface area contributed by atoms with E-state index in [2.05, 4.69) is 35.3 Å². The van der Waals surface area contributed by atoms with Crippen LogP contribution in [0.1, 0.15) is 37.0 Å². The van der Waals surface area contributed by atoms with Crippen LogP contribution in [0, 0.1) is 11.7 Å². The lowest BCUT2D eigenvalue weighted by Gasteiger charge is -2.17. The monoisotopic (exact) mass is 336 g/mol. The minimum Gasteiger partial charge on any atom is -0.354 e. The van der Waals surface area contributed by atoms with Crippen LogP contribution >= 0.6 is 0 Å². The van der Waals surface area contributed by atoms with Crippen LogP contribution in [-0.4, -0.2) is 37.0 Å². The van der Waals surface area contributed by atoms with Crippen molar-refractivity contribution in [3.05, 3.63) is 35.6 Å². The van der Waals surface area contributed by atoms with Crippen LogP contribution in [-0.2, 0) is 4.79 Å². The zero-order valence-electron chi connectivity index (χ0n) is 14.1. The largest absolute Gasteiger partial charge is 0.354 e. The molecular formula is C17H25FN4O2. The molecule has 1 heterocycles. The number of carbonyl (C=O) groups excluding carboxylic acids is 2. The predicted molar refractivity (Wildman–Crippen MR) is 89.7 cm³/mol. The second-order valence-electron chi connectivity index (χ2n) is 6.18. The number of nitrogens with one attached hydrogen (secondary N) is 4. The zero-order valence-corrected chi connectivity index (χ0v) is 14.1. The van der Waals surface area contributed by atoms with Gasteiger partial charge in [-0.25, -0.2) is 4.39 Å². The molecule has 0 aliphatic carbocycles. The lowest BCUT2D eigenvalue weighted by molar-refractivity contribution is -0.121. The fourth-order valence-electron chi connectivity index (χ4n) is 2.88. The Kier molecular flexibility index (Phi) is 6.69. The molecule has 132 valence electrons. The molecule has 1 aliphatic rings. The highest BCUT2D eigenvalue weighted by Gasteiger charge is 2.29. The lowest BCUT2D eigenvalue weighted by atomic mass is 9.91. The number of carbonyl (C=O) groups is 2. The number of benzene rings is 1. The maximum Gasteiger partial charge on any atom is 0.251 e. The summed E-state index contributed by atoms with van der Waals surface area (Å²) in [5.74, 6) is -0.253. The fourth-order valence-corrected chi connectivity index (χ4v) is 2.88. The molecule has 2 unspecified atom stereocenters. The molecule has 7 heteroatoms. The van der Waals surface area contributed by atoms with Crippen LogP contribution in [0.4, 0.5) is 4.39 Å². The smallest absolute Gasteiger partial charge is 0.251 e. The van der Waals surface area contributed by atoms with Crippen LogP contribution in [0.5, 0.6) is 0 Å². The molecule has 6 nitrogen and oxygen atoms in total. The van der Waals surface area contributed by atoms with Gasteiger partial charge in [-0.2, -0.15) is 0 Å². The molecule has 24 heavy (non-hydrogen) atoms. The summed E-state index contributed by atoms with van der Waals surface area (Å²) in [6, 6.07) is 6.03. The molecule has 1 fully saturated rings. The number of hydrogen-bond donors (Lipinski definition) is 4. The summed E-state index contributed by atoms with van der Waals surface area (Å²) in [6.45, 7) is 4.91. The van der Waals surface area contributed by atoms with Crippen LogP contribution in [0.3, 0.4) is 0 Å². The predicted octanol–water partition coefficient (Wildman–Crippen LogP) is 0.953. The topological polar surface area (TPSA) is 82.3 Å². The van der Waals surface area contributed by atoms with Crippen LogP contribution in [0.15, 0.2) is 24.3 Å². The average Bonchev–Trinajstić information content (AvgIpc) is 2.88. The molecule has 1 aliphatic heterocycles. The van der Waals surface area contributed by atoms with E-state index in [-0.39, 0.29) is 17.6 Å².